The molecule has 2 amide bonds. The van der Waals surface area contributed by atoms with Gasteiger partial charge in [0.2, 0.25) is 0 Å². The predicted molar refractivity (Wildman–Crippen MR) is 165 cm³/mol. The topological polar surface area (TPSA) is 247 Å². The van der Waals surface area contributed by atoms with Crippen LogP contribution in [0.3, 0.4) is 0 Å². The van der Waals surface area contributed by atoms with Crippen molar-refractivity contribution in [2.45, 2.75) is 12.8 Å². The molecular formula is C30H24N2Na2O12S2. The standard InChI is InChI=1S/C30H26N2O12S2.2Na/c33-27(31-11-1-13-45(39,40)41)19-7-3-15-17-5-9-21(29(35)36)26-22(30(37)38)10-6-18(24(17)26)16-4-8-20(25(19)23(15)16)28(34)32-12-2-14-46(42,43)44;;/h3-10H,1-2,11-14H2,(H,31,33)(H,32,34)(H,35,36)(H,37,38)(H,39,40,41)(H,42,43,44);;/q;2*+1/p-2. The third-order valence-corrected chi connectivity index (χ3v) is 9.14. The molecule has 0 aliphatic carbocycles. The number of hydrogen-bond acceptors (Lipinski definition) is 10. The zero-order valence-corrected chi connectivity index (χ0v) is 31.3. The maximum Gasteiger partial charge on any atom is 1.00 e. The predicted octanol–water partition coefficient (Wildman–Crippen LogP) is -3.53. The molecule has 0 bridgehead atoms. The number of benzene rings is 5. The number of nitrogens with one attached hydrogen (secondary N) is 2. The summed E-state index contributed by atoms with van der Waals surface area (Å²) in [4.78, 5) is 51.1. The van der Waals surface area contributed by atoms with Crippen LogP contribution < -0.4 is 69.7 Å². The van der Waals surface area contributed by atoms with Crippen molar-refractivity contribution < 1.29 is 114 Å². The van der Waals surface area contributed by atoms with Gasteiger partial charge in [0.25, 0.3) is 11.8 Å². The first-order chi connectivity index (χ1) is 21.6. The van der Waals surface area contributed by atoms with Gasteiger partial charge in [0.15, 0.2) is 0 Å². The van der Waals surface area contributed by atoms with Crippen LogP contribution in [0.1, 0.15) is 54.3 Å². The van der Waals surface area contributed by atoms with E-state index in [9.17, 15) is 55.3 Å². The van der Waals surface area contributed by atoms with Crippen LogP contribution in [-0.2, 0) is 20.2 Å². The summed E-state index contributed by atoms with van der Waals surface area (Å²) in [5.74, 6) is -5.48. The van der Waals surface area contributed by atoms with Gasteiger partial charge in [-0.2, -0.15) is 0 Å². The van der Waals surface area contributed by atoms with Crippen LogP contribution in [0.15, 0.2) is 48.5 Å². The summed E-state index contributed by atoms with van der Waals surface area (Å²) in [5, 5.41) is 27.6. The van der Waals surface area contributed by atoms with Gasteiger partial charge in [0.05, 0.1) is 31.4 Å². The third kappa shape index (κ3) is 8.10. The van der Waals surface area contributed by atoms with Crippen molar-refractivity contribution in [1.29, 1.82) is 0 Å². The molecule has 0 fully saturated rings. The van der Waals surface area contributed by atoms with Gasteiger partial charge < -0.3 is 30.0 Å². The van der Waals surface area contributed by atoms with E-state index in [1.54, 1.807) is 12.1 Å². The van der Waals surface area contributed by atoms with Crippen molar-refractivity contribution in [3.8, 4) is 0 Å². The molecule has 5 aromatic rings. The molecule has 14 nitrogen and oxygen atoms in total. The second-order valence-electron chi connectivity index (χ2n) is 10.5. The number of carbonyl (C=O) groups is 4. The molecule has 48 heavy (non-hydrogen) atoms. The Morgan fingerprint density at radius 3 is 1.10 bits per heavy atom. The average molecular weight is 715 g/mol. The van der Waals surface area contributed by atoms with Crippen LogP contribution in [0.25, 0.3) is 43.1 Å². The van der Waals surface area contributed by atoms with Crippen LogP contribution in [0, 0.1) is 0 Å². The van der Waals surface area contributed by atoms with E-state index in [0.29, 0.717) is 32.3 Å². The molecule has 0 aromatic heterocycles. The van der Waals surface area contributed by atoms with E-state index in [0.717, 1.165) is 0 Å². The Hall–Kier alpha value is -2.90. The van der Waals surface area contributed by atoms with Gasteiger partial charge in [0.1, 0.15) is 0 Å². The summed E-state index contributed by atoms with van der Waals surface area (Å²) in [6, 6.07) is 11.5. The summed E-state index contributed by atoms with van der Waals surface area (Å²) < 4.78 is 65.9. The van der Waals surface area contributed by atoms with Crippen molar-refractivity contribution in [1.82, 2.24) is 10.6 Å². The molecule has 0 unspecified atom stereocenters. The number of aromatic carboxylic acids is 2. The number of carboxylic acid groups (broad SMARTS) is 2. The van der Waals surface area contributed by atoms with Crippen LogP contribution >= 0.6 is 0 Å². The molecule has 5 aromatic carbocycles. The van der Waals surface area contributed by atoms with Crippen molar-refractivity contribution in [2.75, 3.05) is 24.6 Å². The van der Waals surface area contributed by atoms with E-state index < -0.39 is 55.5 Å². The first-order valence-corrected chi connectivity index (χ1v) is 16.8. The summed E-state index contributed by atoms with van der Waals surface area (Å²) >= 11 is 0. The average Bonchev–Trinajstić information content (AvgIpc) is 2.97. The summed E-state index contributed by atoms with van der Waals surface area (Å²) in [6.45, 7) is -0.348. The van der Waals surface area contributed by atoms with Crippen molar-refractivity contribution in [2.24, 2.45) is 0 Å². The number of fused-ring (bicyclic) bond motifs is 2. The van der Waals surface area contributed by atoms with E-state index in [4.69, 9.17) is 0 Å². The van der Waals surface area contributed by atoms with Crippen LogP contribution in [0.2, 0.25) is 0 Å². The van der Waals surface area contributed by atoms with E-state index >= 15 is 0 Å². The Kier molecular flexibility index (Phi) is 12.6. The Balaban J connectivity index is 0.00000312. The fraction of sp³-hybridized carbons (Fsp3) is 0.200. The third-order valence-electron chi connectivity index (χ3n) is 7.57. The molecule has 0 aliphatic heterocycles. The molecule has 18 heteroatoms. The largest absolute Gasteiger partial charge is 1.00 e. The number of rotatable bonds is 12. The van der Waals surface area contributed by atoms with Crippen LogP contribution in [0.4, 0.5) is 0 Å². The summed E-state index contributed by atoms with van der Waals surface area (Å²) in [7, 11) is -9.03. The second kappa shape index (κ2) is 15.3. The first kappa shape index (κ1) is 39.5. The van der Waals surface area contributed by atoms with Gasteiger partial charge >= 0.3 is 71.1 Å². The number of hydrogen-bond donors (Lipinski definition) is 4. The van der Waals surface area contributed by atoms with Gasteiger partial charge in [-0.15, -0.1) is 0 Å². The van der Waals surface area contributed by atoms with E-state index in [-0.39, 0.29) is 118 Å². The maximum absolute atomic E-state index is 13.4. The Morgan fingerprint density at radius 1 is 0.521 bits per heavy atom. The molecule has 0 aliphatic rings. The molecule has 0 spiro atoms. The Labute approximate surface area is 317 Å². The molecule has 5 rings (SSSR count). The molecule has 4 N–H and O–H groups in total. The van der Waals surface area contributed by atoms with E-state index in [1.807, 2.05) is 0 Å². The second-order valence-corrected chi connectivity index (χ2v) is 13.5. The number of carboxylic acids is 2. The SMILES string of the molecule is O=C(O)c1ccc2c3ccc(C(=O)NCCCS(=O)(=O)[O-])c4c(C(=O)NCCCS(=O)(=O)[O-])ccc(c5ccc(C(=O)O)c1c25)c43.[Na+].[Na+]. The minimum absolute atomic E-state index is 0. The number of carbonyl (C=O) groups excluding carboxylic acids is 2. The molecule has 240 valence electrons. The molecule has 0 atom stereocenters. The minimum Gasteiger partial charge on any atom is -0.748 e. The van der Waals surface area contributed by atoms with Gasteiger partial charge in [-0.1, -0.05) is 24.3 Å². The smallest absolute Gasteiger partial charge is 0.748 e. The fourth-order valence-corrected chi connectivity index (χ4v) is 6.71. The molecule has 0 saturated heterocycles. The van der Waals surface area contributed by atoms with Crippen LogP contribution in [0.5, 0.6) is 0 Å². The monoisotopic (exact) mass is 714 g/mol. The summed E-state index contributed by atoms with van der Waals surface area (Å²) in [5.41, 5.74) is -0.460. The van der Waals surface area contributed by atoms with Gasteiger partial charge in [0, 0.05) is 46.5 Å². The number of amides is 2. The van der Waals surface area contributed by atoms with Crippen LogP contribution in [-0.4, -0.2) is 84.5 Å². The van der Waals surface area contributed by atoms with Gasteiger partial charge in [-0.3, -0.25) is 9.59 Å². The quantitative estimate of drug-likeness (QED) is 0.0323. The molecular weight excluding hydrogens is 690 g/mol. The zero-order chi connectivity index (χ0) is 33.6. The molecule has 0 saturated carbocycles. The van der Waals surface area contributed by atoms with Gasteiger partial charge in [-0.05, 0) is 69.4 Å². The van der Waals surface area contributed by atoms with Crippen molar-refractivity contribution in [3.63, 3.8) is 0 Å². The van der Waals surface area contributed by atoms with Crippen molar-refractivity contribution >= 4 is 87.1 Å². The zero-order valence-electron chi connectivity index (χ0n) is 25.7. The minimum atomic E-state index is -4.52. The normalized spacial score (nSPS) is 11.7. The Bertz CT molecular complexity index is 2170. The molecule has 0 heterocycles. The molecule has 0 radical (unpaired) electrons. The van der Waals surface area contributed by atoms with Crippen molar-refractivity contribution in [3.05, 3.63) is 70.8 Å². The summed E-state index contributed by atoms with van der Waals surface area (Å²) in [6.07, 6.45) is -0.329. The maximum atomic E-state index is 13.4. The first-order valence-electron chi connectivity index (χ1n) is 13.7. The van der Waals surface area contributed by atoms with Gasteiger partial charge in [-0.25, -0.2) is 26.4 Å². The Morgan fingerprint density at radius 2 is 0.812 bits per heavy atom. The fourth-order valence-electron chi connectivity index (χ4n) is 5.72. The van der Waals surface area contributed by atoms with E-state index in [1.165, 1.54) is 36.4 Å². The van der Waals surface area contributed by atoms with E-state index in [2.05, 4.69) is 10.6 Å².